The molecule has 0 aromatic heterocycles. The molecule has 5 heteroatoms. The fraction of sp³-hybridized carbons (Fsp3) is 0.625. The first-order valence-corrected chi connectivity index (χ1v) is 8.43. The molecule has 4 nitrogen and oxygen atoms in total. The highest BCUT2D eigenvalue weighted by Crippen LogP contribution is 2.37. The largest absolute Gasteiger partial charge is 0.490 e. The van der Waals surface area contributed by atoms with E-state index in [1.165, 1.54) is 0 Å². The van der Waals surface area contributed by atoms with Gasteiger partial charge in [0.2, 0.25) is 0 Å². The van der Waals surface area contributed by atoms with Gasteiger partial charge in [0.1, 0.15) is 0 Å². The molecule has 1 aromatic carbocycles. The van der Waals surface area contributed by atoms with E-state index < -0.39 is 0 Å². The van der Waals surface area contributed by atoms with Gasteiger partial charge in [0.25, 0.3) is 0 Å². The Bertz CT molecular complexity index is 447. The second kappa shape index (κ2) is 8.61. The Labute approximate surface area is 135 Å². The summed E-state index contributed by atoms with van der Waals surface area (Å²) in [5.74, 6) is 1.55. The van der Waals surface area contributed by atoms with Crippen molar-refractivity contribution in [2.24, 2.45) is 5.73 Å². The monoisotopic (exact) mass is 357 g/mol. The van der Waals surface area contributed by atoms with Gasteiger partial charge in [-0.15, -0.1) is 0 Å². The van der Waals surface area contributed by atoms with Crippen LogP contribution in [0.25, 0.3) is 0 Å². The quantitative estimate of drug-likeness (QED) is 0.775. The maximum absolute atomic E-state index is 5.93. The number of ether oxygens (including phenoxy) is 3. The third kappa shape index (κ3) is 4.87. The van der Waals surface area contributed by atoms with Gasteiger partial charge < -0.3 is 19.9 Å². The van der Waals surface area contributed by atoms with Crippen LogP contribution in [-0.2, 0) is 11.2 Å². The minimum absolute atomic E-state index is 0.343. The van der Waals surface area contributed by atoms with E-state index in [0.717, 1.165) is 53.8 Å². The molecule has 2 N–H and O–H groups in total. The van der Waals surface area contributed by atoms with Crippen LogP contribution in [0.5, 0.6) is 11.5 Å². The molecule has 21 heavy (non-hydrogen) atoms. The topological polar surface area (TPSA) is 53.7 Å². The summed E-state index contributed by atoms with van der Waals surface area (Å²) in [6.45, 7) is 4.73. The highest BCUT2D eigenvalue weighted by atomic mass is 79.9. The first-order valence-electron chi connectivity index (χ1n) is 7.64. The lowest BCUT2D eigenvalue weighted by Crippen LogP contribution is -2.11. The molecule has 0 radical (unpaired) electrons. The van der Waals surface area contributed by atoms with Crippen molar-refractivity contribution in [3.05, 3.63) is 22.2 Å². The van der Waals surface area contributed by atoms with E-state index in [-0.39, 0.29) is 0 Å². The highest BCUT2D eigenvalue weighted by Gasteiger charge is 2.17. The lowest BCUT2D eigenvalue weighted by molar-refractivity contribution is 0.0896. The average molecular weight is 358 g/mol. The molecule has 0 bridgehead atoms. The van der Waals surface area contributed by atoms with Crippen molar-refractivity contribution in [2.75, 3.05) is 26.4 Å². The smallest absolute Gasteiger partial charge is 0.175 e. The molecule has 1 aliphatic heterocycles. The number of rotatable bonds is 8. The van der Waals surface area contributed by atoms with Crippen molar-refractivity contribution < 1.29 is 14.2 Å². The third-order valence-corrected chi connectivity index (χ3v) is 4.10. The van der Waals surface area contributed by atoms with E-state index in [0.29, 0.717) is 25.9 Å². The van der Waals surface area contributed by atoms with Crippen molar-refractivity contribution in [2.45, 2.75) is 38.7 Å². The van der Waals surface area contributed by atoms with E-state index in [1.807, 2.05) is 13.0 Å². The molecule has 0 saturated carbocycles. The second-order valence-electron chi connectivity index (χ2n) is 5.15. The van der Waals surface area contributed by atoms with E-state index in [2.05, 4.69) is 22.0 Å². The molecule has 2 rings (SSSR count). The van der Waals surface area contributed by atoms with Gasteiger partial charge in [-0.05, 0) is 66.4 Å². The van der Waals surface area contributed by atoms with Crippen molar-refractivity contribution in [1.82, 2.24) is 0 Å². The van der Waals surface area contributed by atoms with E-state index in [4.69, 9.17) is 19.9 Å². The van der Waals surface area contributed by atoms with Crippen LogP contribution in [0.15, 0.2) is 16.6 Å². The van der Waals surface area contributed by atoms with E-state index in [1.54, 1.807) is 0 Å². The van der Waals surface area contributed by atoms with Crippen molar-refractivity contribution in [3.63, 3.8) is 0 Å². The first kappa shape index (κ1) is 16.6. The van der Waals surface area contributed by atoms with Crippen molar-refractivity contribution in [3.8, 4) is 11.5 Å². The van der Waals surface area contributed by atoms with Crippen LogP contribution in [0, 0.1) is 0 Å². The number of nitrogens with two attached hydrogens (primary N) is 1. The summed E-state index contributed by atoms with van der Waals surface area (Å²) in [5, 5.41) is 0. The molecule has 1 atom stereocenters. The third-order valence-electron chi connectivity index (χ3n) is 3.51. The lowest BCUT2D eigenvalue weighted by atomic mass is 10.1. The van der Waals surface area contributed by atoms with Crippen LogP contribution < -0.4 is 15.2 Å². The fourth-order valence-electron chi connectivity index (χ4n) is 2.50. The van der Waals surface area contributed by atoms with Gasteiger partial charge in [-0.25, -0.2) is 0 Å². The Morgan fingerprint density at radius 3 is 2.90 bits per heavy atom. The summed E-state index contributed by atoms with van der Waals surface area (Å²) >= 11 is 3.57. The molecule has 0 aliphatic carbocycles. The Hall–Kier alpha value is -0.780. The van der Waals surface area contributed by atoms with Crippen molar-refractivity contribution in [1.29, 1.82) is 0 Å². The normalized spacial score (nSPS) is 18.0. The fourth-order valence-corrected chi connectivity index (χ4v) is 3.10. The minimum atomic E-state index is 0.343. The van der Waals surface area contributed by atoms with Gasteiger partial charge in [-0.1, -0.05) is 0 Å². The summed E-state index contributed by atoms with van der Waals surface area (Å²) in [5.41, 5.74) is 6.77. The Kier molecular flexibility index (Phi) is 6.80. The SMILES string of the molecule is CCOc1cc(CCN)cc(Br)c1OCCC1CCCO1. The summed E-state index contributed by atoms with van der Waals surface area (Å²) in [7, 11) is 0. The number of hydrogen-bond acceptors (Lipinski definition) is 4. The van der Waals surface area contributed by atoms with Crippen LogP contribution in [0.2, 0.25) is 0 Å². The maximum Gasteiger partial charge on any atom is 0.175 e. The molecule has 118 valence electrons. The maximum atomic E-state index is 5.93. The van der Waals surface area contributed by atoms with Gasteiger partial charge in [-0.2, -0.15) is 0 Å². The number of halogens is 1. The molecular formula is C16H24BrNO3. The Morgan fingerprint density at radius 2 is 2.24 bits per heavy atom. The number of benzene rings is 1. The van der Waals surface area contributed by atoms with Gasteiger partial charge in [0.05, 0.1) is 23.8 Å². The molecule has 1 heterocycles. The van der Waals surface area contributed by atoms with Crippen LogP contribution in [-0.4, -0.2) is 32.5 Å². The molecule has 1 aliphatic rings. The molecule has 1 aromatic rings. The van der Waals surface area contributed by atoms with Crippen molar-refractivity contribution >= 4 is 15.9 Å². The average Bonchev–Trinajstić information content (AvgIpc) is 2.95. The summed E-state index contributed by atoms with van der Waals surface area (Å²) in [4.78, 5) is 0. The van der Waals surface area contributed by atoms with Crippen LogP contribution in [0.3, 0.4) is 0 Å². The molecule has 1 fully saturated rings. The molecular weight excluding hydrogens is 334 g/mol. The summed E-state index contributed by atoms with van der Waals surface area (Å²) < 4.78 is 18.2. The zero-order valence-corrected chi connectivity index (χ0v) is 14.2. The van der Waals surface area contributed by atoms with Crippen LogP contribution in [0.4, 0.5) is 0 Å². The molecule has 0 amide bonds. The van der Waals surface area contributed by atoms with Gasteiger partial charge >= 0.3 is 0 Å². The molecule has 1 unspecified atom stereocenters. The lowest BCUT2D eigenvalue weighted by Gasteiger charge is -2.16. The molecule has 0 spiro atoms. The standard InChI is InChI=1S/C16H24BrNO3/c1-2-19-15-11-12(5-7-18)10-14(17)16(15)21-9-6-13-4-3-8-20-13/h10-11,13H,2-9,18H2,1H3. The zero-order valence-electron chi connectivity index (χ0n) is 12.6. The molecule has 1 saturated heterocycles. The van der Waals surface area contributed by atoms with E-state index in [9.17, 15) is 0 Å². The van der Waals surface area contributed by atoms with Gasteiger partial charge in [0, 0.05) is 13.0 Å². The summed E-state index contributed by atoms with van der Waals surface area (Å²) in [6, 6.07) is 4.07. The predicted molar refractivity (Wildman–Crippen MR) is 87.2 cm³/mol. The zero-order chi connectivity index (χ0) is 15.1. The number of hydrogen-bond donors (Lipinski definition) is 1. The minimum Gasteiger partial charge on any atom is -0.490 e. The summed E-state index contributed by atoms with van der Waals surface area (Å²) in [6.07, 6.45) is 4.39. The predicted octanol–water partition coefficient (Wildman–Crippen LogP) is 3.30. The van der Waals surface area contributed by atoms with Crippen LogP contribution in [0.1, 0.15) is 31.7 Å². The Balaban J connectivity index is 2.01. The second-order valence-corrected chi connectivity index (χ2v) is 6.00. The first-order chi connectivity index (χ1) is 10.2. The highest BCUT2D eigenvalue weighted by molar-refractivity contribution is 9.10. The van der Waals surface area contributed by atoms with Crippen LogP contribution >= 0.6 is 15.9 Å². The van der Waals surface area contributed by atoms with Gasteiger partial charge in [0.15, 0.2) is 11.5 Å². The van der Waals surface area contributed by atoms with E-state index >= 15 is 0 Å². The van der Waals surface area contributed by atoms with Gasteiger partial charge in [-0.3, -0.25) is 0 Å². The Morgan fingerprint density at radius 1 is 1.38 bits per heavy atom.